The van der Waals surface area contributed by atoms with E-state index in [2.05, 4.69) is 5.32 Å². The summed E-state index contributed by atoms with van der Waals surface area (Å²) in [6, 6.07) is 0. The first kappa shape index (κ1) is 14.9. The van der Waals surface area contributed by atoms with Crippen LogP contribution in [0.4, 0.5) is 13.2 Å². The lowest BCUT2D eigenvalue weighted by Gasteiger charge is -2.31. The summed E-state index contributed by atoms with van der Waals surface area (Å²) >= 11 is 0. The SMILES string of the molecule is O=C(O)C(F)(F)F.O=C1CC(COC2CNC2)C1. The molecule has 2 rings (SSSR count). The summed E-state index contributed by atoms with van der Waals surface area (Å²) in [6.45, 7) is 2.76. The van der Waals surface area contributed by atoms with Crippen molar-refractivity contribution in [1.82, 2.24) is 5.32 Å². The predicted octanol–water partition coefficient (Wildman–Crippen LogP) is 0.587. The average Bonchev–Trinajstić information content (AvgIpc) is 2.11. The van der Waals surface area contributed by atoms with Crippen LogP contribution in [0.2, 0.25) is 0 Å². The van der Waals surface area contributed by atoms with E-state index in [0.29, 0.717) is 17.8 Å². The maximum atomic E-state index is 10.6. The second kappa shape index (κ2) is 6.14. The van der Waals surface area contributed by atoms with Crippen molar-refractivity contribution in [2.24, 2.45) is 5.92 Å². The summed E-state index contributed by atoms with van der Waals surface area (Å²) in [4.78, 5) is 19.5. The molecule has 0 aromatic heterocycles. The van der Waals surface area contributed by atoms with Crippen LogP contribution in [0.1, 0.15) is 12.8 Å². The third kappa shape index (κ3) is 5.01. The Labute approximate surface area is 101 Å². The number of rotatable bonds is 3. The molecular weight excluding hydrogens is 255 g/mol. The van der Waals surface area contributed by atoms with Gasteiger partial charge in [-0.05, 0) is 5.92 Å². The molecule has 2 fully saturated rings. The Bertz CT molecular complexity index is 307. The third-order valence-electron chi connectivity index (χ3n) is 2.59. The molecule has 0 bridgehead atoms. The molecule has 0 aromatic rings. The molecule has 0 spiro atoms. The number of carboxylic acid groups (broad SMARTS) is 1. The van der Waals surface area contributed by atoms with Gasteiger partial charge in [0, 0.05) is 25.9 Å². The molecule has 0 atom stereocenters. The Morgan fingerprint density at radius 2 is 1.89 bits per heavy atom. The second-order valence-corrected chi connectivity index (χ2v) is 4.23. The molecule has 104 valence electrons. The first-order valence-electron chi connectivity index (χ1n) is 5.43. The van der Waals surface area contributed by atoms with E-state index >= 15 is 0 Å². The average molecular weight is 269 g/mol. The summed E-state index contributed by atoms with van der Waals surface area (Å²) in [6.07, 6.45) is -3.16. The number of halogens is 3. The molecule has 18 heavy (non-hydrogen) atoms. The van der Waals surface area contributed by atoms with Crippen LogP contribution < -0.4 is 5.32 Å². The van der Waals surface area contributed by atoms with Gasteiger partial charge in [-0.1, -0.05) is 0 Å². The quantitative estimate of drug-likeness (QED) is 0.784. The fourth-order valence-electron chi connectivity index (χ4n) is 1.35. The molecule has 1 aliphatic carbocycles. The Morgan fingerprint density at radius 1 is 1.39 bits per heavy atom. The molecule has 8 heteroatoms. The number of ketones is 1. The smallest absolute Gasteiger partial charge is 0.475 e. The number of alkyl halides is 3. The van der Waals surface area contributed by atoms with Crippen LogP contribution in [0.15, 0.2) is 0 Å². The number of carboxylic acids is 1. The van der Waals surface area contributed by atoms with Crippen molar-refractivity contribution in [2.75, 3.05) is 19.7 Å². The molecule has 0 unspecified atom stereocenters. The van der Waals surface area contributed by atoms with Gasteiger partial charge < -0.3 is 15.2 Å². The molecule has 0 aromatic carbocycles. The van der Waals surface area contributed by atoms with Crippen LogP contribution in [0, 0.1) is 5.92 Å². The number of carbonyl (C=O) groups excluding carboxylic acids is 1. The van der Waals surface area contributed by atoms with Crippen LogP contribution in [0.25, 0.3) is 0 Å². The monoisotopic (exact) mass is 269 g/mol. The van der Waals surface area contributed by atoms with Gasteiger partial charge in [-0.25, -0.2) is 4.79 Å². The highest BCUT2D eigenvalue weighted by Gasteiger charge is 2.38. The zero-order valence-corrected chi connectivity index (χ0v) is 9.50. The Kier molecular flexibility index (Phi) is 5.09. The van der Waals surface area contributed by atoms with E-state index in [1.807, 2.05) is 0 Å². The van der Waals surface area contributed by atoms with E-state index in [1.165, 1.54) is 0 Å². The van der Waals surface area contributed by atoms with Crippen LogP contribution in [-0.4, -0.2) is 48.8 Å². The second-order valence-electron chi connectivity index (χ2n) is 4.23. The Morgan fingerprint density at radius 3 is 2.17 bits per heavy atom. The largest absolute Gasteiger partial charge is 0.490 e. The summed E-state index contributed by atoms with van der Waals surface area (Å²) in [5.41, 5.74) is 0. The standard InChI is InChI=1S/C8H13NO2.C2HF3O2/c10-7-1-6(2-7)5-11-8-3-9-4-8;3-2(4,5)1(6)7/h6,8-9H,1-5H2;(H,6,7). The zero-order valence-electron chi connectivity index (χ0n) is 9.50. The van der Waals surface area contributed by atoms with E-state index in [4.69, 9.17) is 14.6 Å². The van der Waals surface area contributed by atoms with Crippen molar-refractivity contribution in [3.05, 3.63) is 0 Å². The summed E-state index contributed by atoms with van der Waals surface area (Å²) < 4.78 is 37.3. The maximum Gasteiger partial charge on any atom is 0.490 e. The van der Waals surface area contributed by atoms with Crippen molar-refractivity contribution in [3.8, 4) is 0 Å². The van der Waals surface area contributed by atoms with Gasteiger partial charge in [0.2, 0.25) is 0 Å². The summed E-state index contributed by atoms with van der Waals surface area (Å²) in [5, 5.41) is 10.3. The number of aliphatic carboxylic acids is 1. The van der Waals surface area contributed by atoms with Crippen LogP contribution in [0.5, 0.6) is 0 Å². The van der Waals surface area contributed by atoms with Crippen LogP contribution in [-0.2, 0) is 14.3 Å². The minimum atomic E-state index is -5.08. The fourth-order valence-corrected chi connectivity index (χ4v) is 1.35. The van der Waals surface area contributed by atoms with E-state index in [-0.39, 0.29) is 0 Å². The van der Waals surface area contributed by atoms with Crippen LogP contribution >= 0.6 is 0 Å². The third-order valence-corrected chi connectivity index (χ3v) is 2.59. The lowest BCUT2D eigenvalue weighted by atomic mass is 9.85. The van der Waals surface area contributed by atoms with Crippen molar-refractivity contribution in [2.45, 2.75) is 25.1 Å². The lowest BCUT2D eigenvalue weighted by molar-refractivity contribution is -0.192. The molecule has 1 saturated heterocycles. The first-order chi connectivity index (χ1) is 8.29. The number of nitrogens with one attached hydrogen (secondary N) is 1. The van der Waals surface area contributed by atoms with E-state index < -0.39 is 12.1 Å². The molecule has 1 saturated carbocycles. The molecule has 1 aliphatic heterocycles. The molecule has 0 amide bonds. The van der Waals surface area contributed by atoms with Gasteiger partial charge in [-0.15, -0.1) is 0 Å². The highest BCUT2D eigenvalue weighted by molar-refractivity contribution is 5.84. The number of hydrogen-bond acceptors (Lipinski definition) is 4. The van der Waals surface area contributed by atoms with E-state index in [1.54, 1.807) is 0 Å². The van der Waals surface area contributed by atoms with Crippen LogP contribution in [0.3, 0.4) is 0 Å². The maximum absolute atomic E-state index is 10.6. The summed E-state index contributed by atoms with van der Waals surface area (Å²) in [7, 11) is 0. The normalized spacial score (nSPS) is 20.5. The van der Waals surface area contributed by atoms with Crippen molar-refractivity contribution < 1.29 is 32.6 Å². The molecular formula is C10H14F3NO4. The molecule has 2 N–H and O–H groups in total. The summed E-state index contributed by atoms with van der Waals surface area (Å²) in [5.74, 6) is -1.83. The first-order valence-corrected chi connectivity index (χ1v) is 5.43. The number of hydrogen-bond donors (Lipinski definition) is 2. The van der Waals surface area contributed by atoms with E-state index in [0.717, 1.165) is 32.5 Å². The van der Waals surface area contributed by atoms with Gasteiger partial charge in [-0.2, -0.15) is 13.2 Å². The number of ether oxygens (including phenoxy) is 1. The zero-order chi connectivity index (χ0) is 13.8. The van der Waals surface area contributed by atoms with Gasteiger partial charge in [0.25, 0.3) is 0 Å². The Hall–Kier alpha value is -1.15. The molecule has 5 nitrogen and oxygen atoms in total. The fraction of sp³-hybridized carbons (Fsp3) is 0.800. The number of Topliss-reactive ketones (excluding diaryl/α,β-unsaturated/α-hetero) is 1. The van der Waals surface area contributed by atoms with Crippen molar-refractivity contribution >= 4 is 11.8 Å². The minimum absolute atomic E-state index is 0.394. The van der Waals surface area contributed by atoms with Gasteiger partial charge in [0.15, 0.2) is 0 Å². The number of carbonyl (C=O) groups is 2. The van der Waals surface area contributed by atoms with Gasteiger partial charge >= 0.3 is 12.1 Å². The van der Waals surface area contributed by atoms with Gasteiger partial charge in [0.1, 0.15) is 5.78 Å². The lowest BCUT2D eigenvalue weighted by Crippen LogP contribution is -2.49. The highest BCUT2D eigenvalue weighted by Crippen LogP contribution is 2.23. The van der Waals surface area contributed by atoms with Crippen molar-refractivity contribution in [1.29, 1.82) is 0 Å². The van der Waals surface area contributed by atoms with Crippen molar-refractivity contribution in [3.63, 3.8) is 0 Å². The predicted molar refractivity (Wildman–Crippen MR) is 54.0 cm³/mol. The van der Waals surface area contributed by atoms with Gasteiger partial charge in [-0.3, -0.25) is 4.79 Å². The van der Waals surface area contributed by atoms with E-state index in [9.17, 15) is 18.0 Å². The molecule has 2 aliphatic rings. The highest BCUT2D eigenvalue weighted by atomic mass is 19.4. The minimum Gasteiger partial charge on any atom is -0.475 e. The topological polar surface area (TPSA) is 75.6 Å². The van der Waals surface area contributed by atoms with Gasteiger partial charge in [0.05, 0.1) is 12.7 Å². The molecule has 1 heterocycles. The molecule has 0 radical (unpaired) electrons. The Balaban J connectivity index is 0.000000203.